The van der Waals surface area contributed by atoms with Gasteiger partial charge in [0.2, 0.25) is 5.60 Å². The highest BCUT2D eigenvalue weighted by Crippen LogP contribution is 2.49. The van der Waals surface area contributed by atoms with Crippen molar-refractivity contribution in [3.63, 3.8) is 0 Å². The SMILES string of the molecule is O=C(NC=CNOCc1ccccc1F)c1ccc(C2=CC(c3cc(Cl)c(F)c(Cl)c3)(C(F)(F)F)ON2)c2ccccc12. The zero-order chi connectivity index (χ0) is 30.8. The number of hydrogen-bond donors (Lipinski definition) is 3. The fraction of sp³-hybridized carbons (Fsp3) is 0.100. The Kier molecular flexibility index (Phi) is 8.61. The van der Waals surface area contributed by atoms with Gasteiger partial charge in [-0.2, -0.15) is 13.2 Å². The molecule has 0 bridgehead atoms. The van der Waals surface area contributed by atoms with Gasteiger partial charge >= 0.3 is 6.18 Å². The van der Waals surface area contributed by atoms with Crippen molar-refractivity contribution in [3.05, 3.63) is 135 Å². The molecule has 1 unspecified atom stereocenters. The van der Waals surface area contributed by atoms with Crippen molar-refractivity contribution in [1.29, 1.82) is 0 Å². The van der Waals surface area contributed by atoms with Crippen LogP contribution in [0.15, 0.2) is 91.3 Å². The van der Waals surface area contributed by atoms with E-state index in [9.17, 15) is 26.7 Å². The van der Waals surface area contributed by atoms with Gasteiger partial charge in [0.05, 0.1) is 15.7 Å². The highest BCUT2D eigenvalue weighted by molar-refractivity contribution is 6.35. The van der Waals surface area contributed by atoms with Crippen molar-refractivity contribution in [2.45, 2.75) is 18.4 Å². The van der Waals surface area contributed by atoms with E-state index in [0.29, 0.717) is 21.9 Å². The molecule has 0 saturated heterocycles. The second kappa shape index (κ2) is 12.2. The van der Waals surface area contributed by atoms with Gasteiger partial charge in [0.25, 0.3) is 5.91 Å². The lowest BCUT2D eigenvalue weighted by atomic mass is 9.90. The molecule has 4 aromatic carbocycles. The number of rotatable bonds is 8. The third-order valence-corrected chi connectivity index (χ3v) is 7.15. The number of halogens is 7. The van der Waals surface area contributed by atoms with Gasteiger partial charge in [-0.1, -0.05) is 71.7 Å². The van der Waals surface area contributed by atoms with Crippen LogP contribution < -0.4 is 16.3 Å². The maximum atomic E-state index is 14.5. The van der Waals surface area contributed by atoms with Crippen LogP contribution in [0.1, 0.15) is 27.0 Å². The fourth-order valence-electron chi connectivity index (χ4n) is 4.49. The molecule has 1 aliphatic heterocycles. The Bertz CT molecular complexity index is 1740. The van der Waals surface area contributed by atoms with Crippen LogP contribution in [0.3, 0.4) is 0 Å². The van der Waals surface area contributed by atoms with Gasteiger partial charge in [-0.15, -0.1) is 0 Å². The normalized spacial score (nSPS) is 16.8. The molecule has 4 aromatic rings. The minimum atomic E-state index is -5.00. The molecule has 1 atom stereocenters. The Morgan fingerprint density at radius 3 is 2.33 bits per heavy atom. The summed E-state index contributed by atoms with van der Waals surface area (Å²) < 4.78 is 71.0. The van der Waals surface area contributed by atoms with E-state index in [1.54, 1.807) is 42.5 Å². The first-order valence-corrected chi connectivity index (χ1v) is 13.2. The highest BCUT2D eigenvalue weighted by Gasteiger charge is 2.60. The summed E-state index contributed by atoms with van der Waals surface area (Å²) in [5.41, 5.74) is 2.07. The second-order valence-electron chi connectivity index (χ2n) is 9.26. The van der Waals surface area contributed by atoms with Crippen LogP contribution in [0.25, 0.3) is 16.5 Å². The van der Waals surface area contributed by atoms with Crippen LogP contribution in [0, 0.1) is 11.6 Å². The van der Waals surface area contributed by atoms with Crippen LogP contribution in [0.2, 0.25) is 10.0 Å². The van der Waals surface area contributed by atoms with Gasteiger partial charge in [0.1, 0.15) is 12.4 Å². The summed E-state index contributed by atoms with van der Waals surface area (Å²) in [6.07, 6.45) is -1.62. The van der Waals surface area contributed by atoms with E-state index >= 15 is 0 Å². The number of benzene rings is 4. The van der Waals surface area contributed by atoms with Gasteiger partial charge in [0.15, 0.2) is 5.82 Å². The fourth-order valence-corrected chi connectivity index (χ4v) is 4.98. The second-order valence-corrected chi connectivity index (χ2v) is 10.1. The van der Waals surface area contributed by atoms with E-state index in [0.717, 1.165) is 18.2 Å². The summed E-state index contributed by atoms with van der Waals surface area (Å²) >= 11 is 11.6. The lowest BCUT2D eigenvalue weighted by Gasteiger charge is -2.28. The number of hydrogen-bond acceptors (Lipinski definition) is 5. The van der Waals surface area contributed by atoms with E-state index in [1.807, 2.05) is 0 Å². The van der Waals surface area contributed by atoms with Crippen LogP contribution >= 0.6 is 23.2 Å². The van der Waals surface area contributed by atoms with Gasteiger partial charge < -0.3 is 5.32 Å². The molecule has 43 heavy (non-hydrogen) atoms. The first-order chi connectivity index (χ1) is 20.5. The molecule has 1 heterocycles. The molecule has 0 radical (unpaired) electrons. The number of alkyl halides is 3. The molecule has 5 rings (SSSR count). The molecule has 13 heteroatoms. The Morgan fingerprint density at radius 1 is 0.953 bits per heavy atom. The largest absolute Gasteiger partial charge is 0.428 e. The first-order valence-electron chi connectivity index (χ1n) is 12.5. The molecule has 0 spiro atoms. The molecular weight excluding hydrogens is 616 g/mol. The van der Waals surface area contributed by atoms with Crippen molar-refractivity contribution < 1.29 is 36.4 Å². The number of hydroxylamine groups is 2. The van der Waals surface area contributed by atoms with Crippen molar-refractivity contribution in [2.24, 2.45) is 0 Å². The van der Waals surface area contributed by atoms with Gasteiger partial charge in [-0.3, -0.25) is 25.4 Å². The average Bonchev–Trinajstić information content (AvgIpc) is 3.44. The predicted octanol–water partition coefficient (Wildman–Crippen LogP) is 7.68. The number of nitrogens with one attached hydrogen (secondary N) is 3. The van der Waals surface area contributed by atoms with Crippen molar-refractivity contribution in [2.75, 3.05) is 0 Å². The maximum Gasteiger partial charge on any atom is 0.428 e. The van der Waals surface area contributed by atoms with Crippen LogP contribution in [-0.4, -0.2) is 12.1 Å². The number of carbonyl (C=O) groups is 1. The smallest absolute Gasteiger partial charge is 0.327 e. The van der Waals surface area contributed by atoms with E-state index < -0.39 is 44.9 Å². The summed E-state index contributed by atoms with van der Waals surface area (Å²) in [5.74, 6) is -1.99. The Balaban J connectivity index is 1.39. The molecule has 1 aliphatic rings. The first kappa shape index (κ1) is 30.3. The van der Waals surface area contributed by atoms with Gasteiger partial charge in [-0.25, -0.2) is 8.78 Å². The van der Waals surface area contributed by atoms with Gasteiger partial charge in [-0.05, 0) is 41.1 Å². The molecule has 222 valence electrons. The molecule has 0 aliphatic carbocycles. The maximum absolute atomic E-state index is 14.5. The standard InChI is InChI=1S/C30H20Cl2F5N3O3/c31-23-13-18(14-24(32)27(23)34)29(30(35,36)37)15-26(40-43-29)21-9-10-22(20-7-3-2-6-19(20)21)28(41)38-11-12-39-42-16-17-5-1-4-8-25(17)33/h1-15,39-40H,16H2,(H,38,41). The van der Waals surface area contributed by atoms with Gasteiger partial charge in [0, 0.05) is 34.7 Å². The zero-order valence-electron chi connectivity index (χ0n) is 21.7. The Hall–Kier alpha value is -4.16. The summed E-state index contributed by atoms with van der Waals surface area (Å²) in [7, 11) is 0. The molecule has 1 amide bonds. The van der Waals surface area contributed by atoms with E-state index in [4.69, 9.17) is 32.9 Å². The van der Waals surface area contributed by atoms with Crippen molar-refractivity contribution in [3.8, 4) is 0 Å². The number of fused-ring (bicyclic) bond motifs is 1. The summed E-state index contributed by atoms with van der Waals surface area (Å²) in [5, 5.41) is 2.25. The summed E-state index contributed by atoms with van der Waals surface area (Å²) in [4.78, 5) is 23.2. The number of carbonyl (C=O) groups excluding carboxylic acids is 1. The summed E-state index contributed by atoms with van der Waals surface area (Å²) in [6, 6.07) is 17.2. The Labute approximate surface area is 251 Å². The highest BCUT2D eigenvalue weighted by atomic mass is 35.5. The van der Waals surface area contributed by atoms with Crippen molar-refractivity contribution >= 4 is 45.6 Å². The zero-order valence-corrected chi connectivity index (χ0v) is 23.2. The van der Waals surface area contributed by atoms with E-state index in [1.165, 1.54) is 30.6 Å². The van der Waals surface area contributed by atoms with Crippen LogP contribution in [-0.2, 0) is 21.9 Å². The quantitative estimate of drug-likeness (QED) is 0.0802. The molecule has 0 fully saturated rings. The van der Waals surface area contributed by atoms with E-state index in [-0.39, 0.29) is 17.9 Å². The lowest BCUT2D eigenvalue weighted by Crippen LogP contribution is -2.42. The van der Waals surface area contributed by atoms with Crippen LogP contribution in [0.4, 0.5) is 22.0 Å². The van der Waals surface area contributed by atoms with Crippen molar-refractivity contribution in [1.82, 2.24) is 16.3 Å². The van der Waals surface area contributed by atoms with Crippen LogP contribution in [0.5, 0.6) is 0 Å². The molecule has 6 nitrogen and oxygen atoms in total. The monoisotopic (exact) mass is 635 g/mol. The average molecular weight is 636 g/mol. The molecular formula is C30H20Cl2F5N3O3. The number of amides is 1. The Morgan fingerprint density at radius 2 is 1.63 bits per heavy atom. The lowest BCUT2D eigenvalue weighted by molar-refractivity contribution is -0.269. The minimum Gasteiger partial charge on any atom is -0.327 e. The third kappa shape index (κ3) is 6.02. The molecule has 0 aromatic heterocycles. The summed E-state index contributed by atoms with van der Waals surface area (Å²) in [6.45, 7) is -0.0540. The third-order valence-electron chi connectivity index (χ3n) is 6.60. The topological polar surface area (TPSA) is 71.6 Å². The molecule has 0 saturated carbocycles. The van der Waals surface area contributed by atoms with E-state index in [2.05, 4.69) is 16.3 Å². The molecule has 3 N–H and O–H groups in total. The predicted molar refractivity (Wildman–Crippen MR) is 151 cm³/mol. The minimum absolute atomic E-state index is 0.0480.